The Morgan fingerprint density at radius 2 is 2.33 bits per heavy atom. The van der Waals surface area contributed by atoms with Crippen molar-refractivity contribution < 1.29 is 0 Å². The average molecular weight is 159 g/mol. The fraction of sp³-hybridized carbons (Fsp3) is 0.545. The third-order valence-electron chi connectivity index (χ3n) is 2.97. The average Bonchev–Trinajstić information content (AvgIpc) is 2.64. The van der Waals surface area contributed by atoms with Crippen LogP contribution < -0.4 is 0 Å². The van der Waals surface area contributed by atoms with Gasteiger partial charge in [-0.2, -0.15) is 5.26 Å². The Hall–Kier alpha value is -1.03. The van der Waals surface area contributed by atoms with Gasteiger partial charge < -0.3 is 0 Å². The Bertz CT molecular complexity index is 280. The van der Waals surface area contributed by atoms with E-state index in [2.05, 4.69) is 24.3 Å². The van der Waals surface area contributed by atoms with Crippen LogP contribution in [0.15, 0.2) is 23.8 Å². The molecule has 0 aromatic rings. The van der Waals surface area contributed by atoms with Crippen molar-refractivity contribution in [3.8, 4) is 6.07 Å². The minimum absolute atomic E-state index is 0.652. The zero-order valence-corrected chi connectivity index (χ0v) is 7.33. The van der Waals surface area contributed by atoms with E-state index in [4.69, 9.17) is 5.26 Å². The molecule has 2 bridgehead atoms. The standard InChI is InChI=1S/C11H13N/c1-8(7-12)4-11-6-9-2-3-10(11)5-9/h2-4,9-11H,5-6H2,1H3/b8-4+. The molecule has 0 aromatic carbocycles. The second-order valence-corrected chi connectivity index (χ2v) is 3.91. The predicted octanol–water partition coefficient (Wildman–Crippen LogP) is 2.67. The summed E-state index contributed by atoms with van der Waals surface area (Å²) in [5, 5.41) is 8.63. The lowest BCUT2D eigenvalue weighted by Gasteiger charge is -2.12. The summed E-state index contributed by atoms with van der Waals surface area (Å²) < 4.78 is 0. The molecule has 2 aliphatic carbocycles. The van der Waals surface area contributed by atoms with Gasteiger partial charge in [0.15, 0.2) is 0 Å². The zero-order valence-electron chi connectivity index (χ0n) is 7.33. The van der Waals surface area contributed by atoms with Crippen molar-refractivity contribution >= 4 is 0 Å². The lowest BCUT2D eigenvalue weighted by atomic mass is 9.92. The van der Waals surface area contributed by atoms with E-state index in [1.54, 1.807) is 0 Å². The van der Waals surface area contributed by atoms with Crippen LogP contribution in [-0.2, 0) is 0 Å². The maximum Gasteiger partial charge on any atom is 0.0940 e. The highest BCUT2D eigenvalue weighted by Crippen LogP contribution is 2.44. The molecule has 0 heterocycles. The fourth-order valence-electron chi connectivity index (χ4n) is 2.37. The topological polar surface area (TPSA) is 23.8 Å². The molecule has 0 amide bonds. The van der Waals surface area contributed by atoms with Crippen molar-refractivity contribution in [2.24, 2.45) is 17.8 Å². The molecule has 1 heteroatoms. The van der Waals surface area contributed by atoms with Gasteiger partial charge in [0.2, 0.25) is 0 Å². The molecular weight excluding hydrogens is 146 g/mol. The summed E-state index contributed by atoms with van der Waals surface area (Å²) in [7, 11) is 0. The molecule has 0 N–H and O–H groups in total. The van der Waals surface area contributed by atoms with E-state index in [0.717, 1.165) is 17.4 Å². The number of rotatable bonds is 1. The number of fused-ring (bicyclic) bond motifs is 2. The summed E-state index contributed by atoms with van der Waals surface area (Å²) in [5.41, 5.74) is 0.876. The minimum atomic E-state index is 0.652. The number of hydrogen-bond acceptors (Lipinski definition) is 1. The highest BCUT2D eigenvalue weighted by Gasteiger charge is 2.34. The van der Waals surface area contributed by atoms with E-state index in [1.165, 1.54) is 12.8 Å². The monoisotopic (exact) mass is 159 g/mol. The molecule has 3 atom stereocenters. The van der Waals surface area contributed by atoms with E-state index in [9.17, 15) is 0 Å². The molecule has 1 nitrogen and oxygen atoms in total. The zero-order chi connectivity index (χ0) is 8.55. The van der Waals surface area contributed by atoms with Crippen molar-refractivity contribution in [2.45, 2.75) is 19.8 Å². The molecule has 1 saturated carbocycles. The summed E-state index contributed by atoms with van der Waals surface area (Å²) in [5.74, 6) is 2.20. The summed E-state index contributed by atoms with van der Waals surface area (Å²) in [6.07, 6.45) is 9.38. The van der Waals surface area contributed by atoms with Gasteiger partial charge in [0, 0.05) is 5.57 Å². The molecule has 0 spiro atoms. The van der Waals surface area contributed by atoms with Gasteiger partial charge >= 0.3 is 0 Å². The fourth-order valence-corrected chi connectivity index (χ4v) is 2.37. The SMILES string of the molecule is C/C(C#N)=C\C1CC2C=CC1C2. The second-order valence-electron chi connectivity index (χ2n) is 3.91. The summed E-state index contributed by atoms with van der Waals surface area (Å²) >= 11 is 0. The molecule has 0 saturated heterocycles. The van der Waals surface area contributed by atoms with Crippen molar-refractivity contribution in [3.63, 3.8) is 0 Å². The molecule has 0 aromatic heterocycles. The molecule has 2 aliphatic rings. The van der Waals surface area contributed by atoms with Gasteiger partial charge in [-0.1, -0.05) is 18.2 Å². The smallest absolute Gasteiger partial charge is 0.0940 e. The van der Waals surface area contributed by atoms with Gasteiger partial charge in [-0.05, 0) is 37.5 Å². The first-order valence-electron chi connectivity index (χ1n) is 4.56. The lowest BCUT2D eigenvalue weighted by Crippen LogP contribution is -2.03. The van der Waals surface area contributed by atoms with E-state index < -0.39 is 0 Å². The largest absolute Gasteiger partial charge is 0.193 e. The van der Waals surface area contributed by atoms with Gasteiger partial charge in [0.25, 0.3) is 0 Å². The summed E-state index contributed by atoms with van der Waals surface area (Å²) in [6.45, 7) is 1.90. The quantitative estimate of drug-likeness (QED) is 0.426. The molecule has 3 unspecified atom stereocenters. The Balaban J connectivity index is 2.10. The maximum absolute atomic E-state index is 8.63. The first-order valence-corrected chi connectivity index (χ1v) is 4.56. The first kappa shape index (κ1) is 7.61. The van der Waals surface area contributed by atoms with Crippen LogP contribution in [0.3, 0.4) is 0 Å². The van der Waals surface area contributed by atoms with Crippen molar-refractivity contribution in [1.82, 2.24) is 0 Å². The van der Waals surface area contributed by atoms with Crippen molar-refractivity contribution in [2.75, 3.05) is 0 Å². The van der Waals surface area contributed by atoms with Gasteiger partial charge in [0.05, 0.1) is 6.07 Å². The second kappa shape index (κ2) is 2.79. The molecule has 0 aliphatic heterocycles. The normalized spacial score (nSPS) is 38.7. The van der Waals surface area contributed by atoms with Crippen LogP contribution in [0, 0.1) is 29.1 Å². The lowest BCUT2D eigenvalue weighted by molar-refractivity contribution is 0.548. The van der Waals surface area contributed by atoms with Gasteiger partial charge in [-0.3, -0.25) is 0 Å². The molecule has 62 valence electrons. The predicted molar refractivity (Wildman–Crippen MR) is 48.2 cm³/mol. The van der Waals surface area contributed by atoms with E-state index in [0.29, 0.717) is 5.92 Å². The van der Waals surface area contributed by atoms with Crippen molar-refractivity contribution in [1.29, 1.82) is 5.26 Å². The molecule has 2 rings (SSSR count). The summed E-state index contributed by atoms with van der Waals surface area (Å²) in [6, 6.07) is 2.19. The van der Waals surface area contributed by atoms with E-state index >= 15 is 0 Å². The summed E-state index contributed by atoms with van der Waals surface area (Å²) in [4.78, 5) is 0. The van der Waals surface area contributed by atoms with Crippen LogP contribution in [0.1, 0.15) is 19.8 Å². The third-order valence-corrected chi connectivity index (χ3v) is 2.97. The van der Waals surface area contributed by atoms with Crippen LogP contribution in [0.4, 0.5) is 0 Å². The van der Waals surface area contributed by atoms with Crippen LogP contribution in [0.25, 0.3) is 0 Å². The molecular formula is C11H13N. The number of nitrogens with zero attached hydrogens (tertiary/aromatic N) is 1. The Morgan fingerprint density at radius 1 is 1.50 bits per heavy atom. The number of hydrogen-bond donors (Lipinski definition) is 0. The minimum Gasteiger partial charge on any atom is -0.193 e. The van der Waals surface area contributed by atoms with Crippen LogP contribution in [0.2, 0.25) is 0 Å². The first-order chi connectivity index (χ1) is 5.79. The Labute approximate surface area is 73.4 Å². The Morgan fingerprint density at radius 3 is 2.83 bits per heavy atom. The highest BCUT2D eigenvalue weighted by molar-refractivity contribution is 5.23. The van der Waals surface area contributed by atoms with Crippen LogP contribution in [0.5, 0.6) is 0 Å². The third kappa shape index (κ3) is 1.18. The van der Waals surface area contributed by atoms with E-state index in [1.807, 2.05) is 6.92 Å². The molecule has 1 fully saturated rings. The number of nitriles is 1. The highest BCUT2D eigenvalue weighted by atomic mass is 14.4. The van der Waals surface area contributed by atoms with Crippen LogP contribution >= 0.6 is 0 Å². The maximum atomic E-state index is 8.63. The van der Waals surface area contributed by atoms with E-state index in [-0.39, 0.29) is 0 Å². The van der Waals surface area contributed by atoms with Gasteiger partial charge in [-0.15, -0.1) is 0 Å². The van der Waals surface area contributed by atoms with Gasteiger partial charge in [0.1, 0.15) is 0 Å². The Kier molecular flexibility index (Phi) is 1.77. The van der Waals surface area contributed by atoms with Crippen LogP contribution in [-0.4, -0.2) is 0 Å². The number of allylic oxidation sites excluding steroid dienone is 4. The van der Waals surface area contributed by atoms with Gasteiger partial charge in [-0.25, -0.2) is 0 Å². The molecule has 0 radical (unpaired) electrons. The molecule has 12 heavy (non-hydrogen) atoms. The van der Waals surface area contributed by atoms with Crippen molar-refractivity contribution in [3.05, 3.63) is 23.8 Å².